The number of rotatable bonds is 4. The summed E-state index contributed by atoms with van der Waals surface area (Å²) in [6, 6.07) is -0.0265. The van der Waals surface area contributed by atoms with Crippen LogP contribution in [-0.4, -0.2) is 57.1 Å². The summed E-state index contributed by atoms with van der Waals surface area (Å²) in [6.07, 6.45) is 3.62. The molecule has 1 aromatic heterocycles. The van der Waals surface area contributed by atoms with Gasteiger partial charge in [-0.25, -0.2) is 0 Å². The monoisotopic (exact) mass is 335 g/mol. The van der Waals surface area contributed by atoms with Gasteiger partial charge in [-0.2, -0.15) is 5.10 Å². The fraction of sp³-hybridized carbons (Fsp3) is 0.778. The number of ether oxygens (including phenoxy) is 1. The Morgan fingerprint density at radius 1 is 1.42 bits per heavy atom. The highest BCUT2D eigenvalue weighted by Crippen LogP contribution is 2.42. The highest BCUT2D eigenvalue weighted by Gasteiger charge is 2.52. The summed E-state index contributed by atoms with van der Waals surface area (Å²) in [7, 11) is 1.73. The molecule has 1 aliphatic heterocycles. The molecule has 2 aliphatic rings. The fourth-order valence-corrected chi connectivity index (χ4v) is 4.59. The zero-order valence-electron chi connectivity index (χ0n) is 15.2. The van der Waals surface area contributed by atoms with Gasteiger partial charge in [0, 0.05) is 19.3 Å². The van der Waals surface area contributed by atoms with Crippen molar-refractivity contribution in [3.05, 3.63) is 17.0 Å². The summed E-state index contributed by atoms with van der Waals surface area (Å²) in [5.41, 5.74) is 3.02. The third-order valence-electron chi connectivity index (χ3n) is 6.05. The van der Waals surface area contributed by atoms with E-state index in [1.165, 1.54) is 5.56 Å². The first-order chi connectivity index (χ1) is 11.4. The van der Waals surface area contributed by atoms with E-state index in [2.05, 4.69) is 12.0 Å². The molecule has 6 heteroatoms. The van der Waals surface area contributed by atoms with Gasteiger partial charge in [-0.15, -0.1) is 0 Å². The van der Waals surface area contributed by atoms with E-state index in [1.807, 2.05) is 23.4 Å². The lowest BCUT2D eigenvalue weighted by atomic mass is 9.79. The minimum Gasteiger partial charge on any atom is -0.393 e. The van der Waals surface area contributed by atoms with Crippen molar-refractivity contribution in [1.82, 2.24) is 14.7 Å². The molecule has 2 fully saturated rings. The average Bonchev–Trinajstić information content (AvgIpc) is 3.05. The van der Waals surface area contributed by atoms with E-state index in [0.717, 1.165) is 37.1 Å². The molecule has 134 valence electrons. The van der Waals surface area contributed by atoms with E-state index in [0.29, 0.717) is 13.0 Å². The highest BCUT2D eigenvalue weighted by molar-refractivity contribution is 5.77. The normalized spacial score (nSPS) is 29.8. The number of carbonyl (C=O) groups is 1. The number of fused-ring (bicyclic) bond motifs is 1. The number of hydrogen-bond donors (Lipinski definition) is 1. The van der Waals surface area contributed by atoms with Gasteiger partial charge in [0.1, 0.15) is 6.54 Å². The number of aromatic nitrogens is 2. The van der Waals surface area contributed by atoms with Crippen LogP contribution >= 0.6 is 0 Å². The molecule has 1 saturated heterocycles. The van der Waals surface area contributed by atoms with Crippen molar-refractivity contribution in [3.63, 3.8) is 0 Å². The number of carbonyl (C=O) groups excluding carboxylic acids is 1. The quantitative estimate of drug-likeness (QED) is 0.907. The predicted molar refractivity (Wildman–Crippen MR) is 90.8 cm³/mol. The van der Waals surface area contributed by atoms with E-state index in [-0.39, 0.29) is 30.2 Å². The summed E-state index contributed by atoms with van der Waals surface area (Å²) in [5, 5.41) is 14.6. The molecule has 1 amide bonds. The Hall–Kier alpha value is -1.40. The number of likely N-dealkylation sites (tertiary alicyclic amines) is 1. The van der Waals surface area contributed by atoms with Gasteiger partial charge < -0.3 is 14.7 Å². The van der Waals surface area contributed by atoms with E-state index < -0.39 is 0 Å². The van der Waals surface area contributed by atoms with Crippen LogP contribution in [0.3, 0.4) is 0 Å². The Bertz CT molecular complexity index is 627. The van der Waals surface area contributed by atoms with Gasteiger partial charge in [0.05, 0.1) is 23.4 Å². The number of aliphatic hydroxyl groups is 1. The van der Waals surface area contributed by atoms with Gasteiger partial charge in [-0.05, 0) is 51.5 Å². The van der Waals surface area contributed by atoms with Gasteiger partial charge in [0.25, 0.3) is 0 Å². The van der Waals surface area contributed by atoms with Crippen LogP contribution in [0.15, 0.2) is 0 Å². The van der Waals surface area contributed by atoms with Gasteiger partial charge in [-0.1, -0.05) is 6.92 Å². The van der Waals surface area contributed by atoms with Crippen LogP contribution in [0.2, 0.25) is 0 Å². The molecule has 1 saturated carbocycles. The molecule has 1 aromatic rings. The maximum Gasteiger partial charge on any atom is 0.244 e. The molecule has 1 aliphatic carbocycles. The van der Waals surface area contributed by atoms with Crippen LogP contribution < -0.4 is 0 Å². The summed E-state index contributed by atoms with van der Waals surface area (Å²) in [5.74, 6) is 0.0706. The summed E-state index contributed by atoms with van der Waals surface area (Å²) >= 11 is 0. The van der Waals surface area contributed by atoms with Crippen LogP contribution in [0, 0.1) is 13.8 Å². The Kier molecular flexibility index (Phi) is 4.71. The molecule has 0 bridgehead atoms. The van der Waals surface area contributed by atoms with Crippen LogP contribution in [-0.2, 0) is 22.5 Å². The van der Waals surface area contributed by atoms with Crippen molar-refractivity contribution < 1.29 is 14.6 Å². The van der Waals surface area contributed by atoms with Crippen molar-refractivity contribution in [1.29, 1.82) is 0 Å². The predicted octanol–water partition coefficient (Wildman–Crippen LogP) is 1.59. The zero-order chi connectivity index (χ0) is 17.5. The summed E-state index contributed by atoms with van der Waals surface area (Å²) in [4.78, 5) is 14.8. The second kappa shape index (κ2) is 6.48. The first-order valence-corrected chi connectivity index (χ1v) is 8.97. The van der Waals surface area contributed by atoms with Crippen molar-refractivity contribution in [3.8, 4) is 0 Å². The molecule has 3 rings (SSSR count). The molecule has 0 spiro atoms. The first-order valence-electron chi connectivity index (χ1n) is 8.97. The van der Waals surface area contributed by atoms with Crippen LogP contribution in [0.1, 0.15) is 49.6 Å². The van der Waals surface area contributed by atoms with E-state index in [1.54, 1.807) is 7.11 Å². The topological polar surface area (TPSA) is 67.6 Å². The zero-order valence-corrected chi connectivity index (χ0v) is 15.2. The lowest BCUT2D eigenvalue weighted by molar-refractivity contribution is -0.140. The molecule has 0 unspecified atom stereocenters. The molecule has 2 heterocycles. The van der Waals surface area contributed by atoms with Crippen molar-refractivity contribution in [2.75, 3.05) is 13.7 Å². The molecule has 1 N–H and O–H groups in total. The average molecular weight is 335 g/mol. The van der Waals surface area contributed by atoms with Crippen molar-refractivity contribution in [2.24, 2.45) is 0 Å². The fourth-order valence-electron chi connectivity index (χ4n) is 4.59. The molecule has 6 nitrogen and oxygen atoms in total. The minimum atomic E-state index is -0.341. The molecule has 3 atom stereocenters. The lowest BCUT2D eigenvalue weighted by Gasteiger charge is -2.42. The van der Waals surface area contributed by atoms with Gasteiger partial charge in [0.15, 0.2) is 0 Å². The molecule has 24 heavy (non-hydrogen) atoms. The third kappa shape index (κ3) is 2.75. The van der Waals surface area contributed by atoms with Gasteiger partial charge in [0.2, 0.25) is 5.91 Å². The van der Waals surface area contributed by atoms with E-state index in [4.69, 9.17) is 4.74 Å². The SMILES string of the molecule is CCc1c(C)nn(CC(=O)N2CC[C@]3(OC)CC[C@H](O)C[C@H]23)c1C. The molecule has 0 radical (unpaired) electrons. The second-order valence-electron chi connectivity index (χ2n) is 7.21. The van der Waals surface area contributed by atoms with Crippen molar-refractivity contribution in [2.45, 2.75) is 77.2 Å². The van der Waals surface area contributed by atoms with Crippen LogP contribution in [0.5, 0.6) is 0 Å². The number of aryl methyl sites for hydroxylation is 1. The highest BCUT2D eigenvalue weighted by atomic mass is 16.5. The largest absolute Gasteiger partial charge is 0.393 e. The smallest absolute Gasteiger partial charge is 0.244 e. The number of methoxy groups -OCH3 is 1. The van der Waals surface area contributed by atoms with Gasteiger partial charge in [-0.3, -0.25) is 9.48 Å². The maximum atomic E-state index is 12.9. The van der Waals surface area contributed by atoms with Crippen LogP contribution in [0.25, 0.3) is 0 Å². The first kappa shape index (κ1) is 17.4. The number of hydrogen-bond acceptors (Lipinski definition) is 4. The Balaban J connectivity index is 1.78. The summed E-state index contributed by atoms with van der Waals surface area (Å²) in [6.45, 7) is 7.10. The second-order valence-corrected chi connectivity index (χ2v) is 7.21. The lowest BCUT2D eigenvalue weighted by Crippen LogP contribution is -2.53. The van der Waals surface area contributed by atoms with Gasteiger partial charge >= 0.3 is 0 Å². The Labute approximate surface area is 143 Å². The molecular weight excluding hydrogens is 306 g/mol. The Morgan fingerprint density at radius 2 is 2.17 bits per heavy atom. The number of nitrogens with zero attached hydrogens (tertiary/aromatic N) is 3. The molecule has 0 aromatic carbocycles. The Morgan fingerprint density at radius 3 is 2.79 bits per heavy atom. The number of amides is 1. The van der Waals surface area contributed by atoms with Crippen LogP contribution in [0.4, 0.5) is 0 Å². The maximum absolute atomic E-state index is 12.9. The van der Waals surface area contributed by atoms with Crippen molar-refractivity contribution >= 4 is 5.91 Å². The molecular formula is C18H29N3O3. The number of aliphatic hydroxyl groups excluding tert-OH is 1. The standard InChI is InChI=1S/C18H29N3O3/c1-5-15-12(2)19-21(13(15)3)11-17(23)20-9-8-18(24-4)7-6-14(22)10-16(18)20/h14,16,22H,5-11H2,1-4H3/t14-,16-,18+/m0/s1. The minimum absolute atomic E-state index is 0.0265. The third-order valence-corrected chi connectivity index (χ3v) is 6.05. The summed E-state index contributed by atoms with van der Waals surface area (Å²) < 4.78 is 7.64. The van der Waals surface area contributed by atoms with E-state index in [9.17, 15) is 9.90 Å². The van der Waals surface area contributed by atoms with E-state index >= 15 is 0 Å².